The Labute approximate surface area is 152 Å². The van der Waals surface area contributed by atoms with Gasteiger partial charge < -0.3 is 11.1 Å². The fourth-order valence-electron chi connectivity index (χ4n) is 2.53. The van der Waals surface area contributed by atoms with E-state index in [1.54, 1.807) is 10.9 Å². The van der Waals surface area contributed by atoms with E-state index in [4.69, 9.17) is 17.3 Å². The van der Waals surface area contributed by atoms with Gasteiger partial charge in [0.1, 0.15) is 0 Å². The molecule has 5 nitrogen and oxygen atoms in total. The van der Waals surface area contributed by atoms with E-state index in [0.29, 0.717) is 10.8 Å². The molecule has 132 valence electrons. The molecular weight excluding hydrogens is 336 g/mol. The maximum absolute atomic E-state index is 12.4. The molecule has 1 heterocycles. The van der Waals surface area contributed by atoms with Crippen LogP contribution in [0.15, 0.2) is 42.5 Å². The van der Waals surface area contributed by atoms with Crippen molar-refractivity contribution in [2.75, 3.05) is 0 Å². The number of nitrogens with one attached hydrogen (secondary N) is 1. The number of carbonyl (C=O) groups excluding carboxylic acids is 1. The molecule has 3 N–H and O–H groups in total. The van der Waals surface area contributed by atoms with Crippen LogP contribution < -0.4 is 11.1 Å². The van der Waals surface area contributed by atoms with Crippen LogP contribution in [0.1, 0.15) is 43.2 Å². The molecule has 0 radical (unpaired) electrons. The number of hydrogen-bond donors (Lipinski definition) is 2. The molecule has 1 atom stereocenters. The van der Waals surface area contributed by atoms with Crippen molar-refractivity contribution in [3.8, 4) is 5.69 Å². The zero-order valence-corrected chi connectivity index (χ0v) is 15.3. The Bertz CT molecular complexity index is 808. The molecule has 25 heavy (non-hydrogen) atoms. The van der Waals surface area contributed by atoms with Gasteiger partial charge in [-0.25, -0.2) is 4.68 Å². The number of aromatic nitrogens is 2. The van der Waals surface area contributed by atoms with Crippen LogP contribution in [0.2, 0.25) is 5.02 Å². The van der Waals surface area contributed by atoms with Crippen molar-refractivity contribution in [3.05, 3.63) is 58.6 Å². The predicted octanol–water partition coefficient (Wildman–Crippen LogP) is 3.65. The lowest BCUT2D eigenvalue weighted by Gasteiger charge is -2.10. The third-order valence-corrected chi connectivity index (χ3v) is 4.96. The SMILES string of the molecule is Cc1ccc(-n2cc(C(C)C(=O)N/C(N)=C/CC3CC3)cn2)cc1Cl. The van der Waals surface area contributed by atoms with Gasteiger partial charge in [0.15, 0.2) is 0 Å². The number of aryl methyl sites for hydroxylation is 1. The molecule has 3 rings (SSSR count). The summed E-state index contributed by atoms with van der Waals surface area (Å²) < 4.78 is 1.72. The third kappa shape index (κ3) is 4.42. The van der Waals surface area contributed by atoms with E-state index < -0.39 is 0 Å². The van der Waals surface area contributed by atoms with Crippen LogP contribution in [0, 0.1) is 12.8 Å². The van der Waals surface area contributed by atoms with Crippen LogP contribution >= 0.6 is 11.6 Å². The highest BCUT2D eigenvalue weighted by molar-refractivity contribution is 6.31. The van der Waals surface area contributed by atoms with Gasteiger partial charge in [-0.3, -0.25) is 4.79 Å². The van der Waals surface area contributed by atoms with E-state index in [-0.39, 0.29) is 11.8 Å². The minimum atomic E-state index is -0.345. The van der Waals surface area contributed by atoms with Crippen LogP contribution in [0.5, 0.6) is 0 Å². The molecule has 1 unspecified atom stereocenters. The second-order valence-corrected chi connectivity index (χ2v) is 7.11. The molecule has 1 aromatic heterocycles. The standard InChI is InChI=1S/C19H23ClN4O/c1-12-3-7-16(9-17(12)20)24-11-15(10-22-24)13(2)19(25)23-18(21)8-6-14-4-5-14/h3,7-11,13-14H,4-6,21H2,1-2H3,(H,23,25)/b18-8+. The van der Waals surface area contributed by atoms with Crippen LogP contribution in [-0.2, 0) is 4.79 Å². The quantitative estimate of drug-likeness (QED) is 0.827. The van der Waals surface area contributed by atoms with Crippen molar-refractivity contribution in [3.63, 3.8) is 0 Å². The van der Waals surface area contributed by atoms with Crippen molar-refractivity contribution in [1.29, 1.82) is 0 Å². The molecule has 2 aromatic rings. The Morgan fingerprint density at radius 2 is 2.28 bits per heavy atom. The summed E-state index contributed by atoms with van der Waals surface area (Å²) in [6, 6.07) is 5.75. The molecule has 0 bridgehead atoms. The second-order valence-electron chi connectivity index (χ2n) is 6.70. The van der Waals surface area contributed by atoms with E-state index in [0.717, 1.165) is 29.2 Å². The van der Waals surface area contributed by atoms with Crippen molar-refractivity contribution in [1.82, 2.24) is 15.1 Å². The van der Waals surface area contributed by atoms with Crippen LogP contribution in [0.25, 0.3) is 5.69 Å². The van der Waals surface area contributed by atoms with Gasteiger partial charge in [0.2, 0.25) is 5.91 Å². The summed E-state index contributed by atoms with van der Waals surface area (Å²) in [6.45, 7) is 3.79. The van der Waals surface area contributed by atoms with Crippen LogP contribution in [-0.4, -0.2) is 15.7 Å². The Morgan fingerprint density at radius 3 is 2.96 bits per heavy atom. The lowest BCUT2D eigenvalue weighted by atomic mass is 10.0. The van der Waals surface area contributed by atoms with Crippen molar-refractivity contribution in [2.45, 2.75) is 39.0 Å². The first-order valence-corrected chi connectivity index (χ1v) is 8.89. The highest BCUT2D eigenvalue weighted by Crippen LogP contribution is 2.32. The molecule has 0 aliphatic heterocycles. The zero-order valence-electron chi connectivity index (χ0n) is 14.5. The minimum Gasteiger partial charge on any atom is -0.385 e. The smallest absolute Gasteiger partial charge is 0.232 e. The molecule has 1 fully saturated rings. The Balaban J connectivity index is 1.66. The summed E-state index contributed by atoms with van der Waals surface area (Å²) in [7, 11) is 0. The average molecular weight is 359 g/mol. The lowest BCUT2D eigenvalue weighted by Crippen LogP contribution is -2.31. The van der Waals surface area contributed by atoms with Gasteiger partial charge in [-0.05, 0) is 62.8 Å². The fourth-order valence-corrected chi connectivity index (χ4v) is 2.70. The summed E-state index contributed by atoms with van der Waals surface area (Å²) >= 11 is 6.17. The first-order chi connectivity index (χ1) is 11.9. The summed E-state index contributed by atoms with van der Waals surface area (Å²) in [5, 5.41) is 7.80. The number of carbonyl (C=O) groups is 1. The van der Waals surface area contributed by atoms with Gasteiger partial charge in [-0.2, -0.15) is 5.10 Å². The maximum Gasteiger partial charge on any atom is 0.232 e. The number of halogens is 1. The van der Waals surface area contributed by atoms with Crippen LogP contribution in [0.3, 0.4) is 0 Å². The Morgan fingerprint density at radius 1 is 1.52 bits per heavy atom. The summed E-state index contributed by atoms with van der Waals surface area (Å²) in [4.78, 5) is 12.4. The summed E-state index contributed by atoms with van der Waals surface area (Å²) in [5.74, 6) is 0.697. The zero-order chi connectivity index (χ0) is 18.0. The first-order valence-electron chi connectivity index (χ1n) is 8.51. The Hall–Kier alpha value is -2.27. The normalized spacial score (nSPS) is 15.9. The topological polar surface area (TPSA) is 72.9 Å². The molecule has 0 spiro atoms. The molecule has 1 saturated carbocycles. The van der Waals surface area contributed by atoms with Gasteiger partial charge in [0.05, 0.1) is 23.6 Å². The summed E-state index contributed by atoms with van der Waals surface area (Å²) in [6.07, 6.45) is 8.90. The van der Waals surface area contributed by atoms with E-state index in [1.165, 1.54) is 12.8 Å². The number of amides is 1. The molecule has 1 aliphatic rings. The largest absolute Gasteiger partial charge is 0.385 e. The van der Waals surface area contributed by atoms with Gasteiger partial charge in [-0.15, -0.1) is 0 Å². The number of rotatable bonds is 6. The van der Waals surface area contributed by atoms with E-state index >= 15 is 0 Å². The molecule has 6 heteroatoms. The molecular formula is C19H23ClN4O. The van der Waals surface area contributed by atoms with E-state index in [9.17, 15) is 4.79 Å². The van der Waals surface area contributed by atoms with Gasteiger partial charge in [0, 0.05) is 16.8 Å². The van der Waals surface area contributed by atoms with E-state index in [1.807, 2.05) is 44.3 Å². The summed E-state index contributed by atoms with van der Waals surface area (Å²) in [5.41, 5.74) is 8.58. The van der Waals surface area contributed by atoms with Gasteiger partial charge >= 0.3 is 0 Å². The number of nitrogens with zero attached hydrogens (tertiary/aromatic N) is 2. The van der Waals surface area contributed by atoms with Gasteiger partial charge in [-0.1, -0.05) is 17.7 Å². The Kier molecular flexibility index (Phi) is 5.13. The highest BCUT2D eigenvalue weighted by Gasteiger charge is 2.21. The molecule has 0 saturated heterocycles. The molecule has 1 amide bonds. The lowest BCUT2D eigenvalue weighted by molar-refractivity contribution is -0.121. The molecule has 1 aliphatic carbocycles. The second kappa shape index (κ2) is 7.31. The molecule has 1 aromatic carbocycles. The first kappa shape index (κ1) is 17.5. The number of allylic oxidation sites excluding steroid dienone is 1. The van der Waals surface area contributed by atoms with Crippen molar-refractivity contribution < 1.29 is 4.79 Å². The number of nitrogens with two attached hydrogens (primary N) is 1. The fraction of sp³-hybridized carbons (Fsp3) is 0.368. The van der Waals surface area contributed by atoms with E-state index in [2.05, 4.69) is 10.4 Å². The highest BCUT2D eigenvalue weighted by atomic mass is 35.5. The van der Waals surface area contributed by atoms with Crippen LogP contribution in [0.4, 0.5) is 0 Å². The average Bonchev–Trinajstić information content (AvgIpc) is 3.29. The minimum absolute atomic E-state index is 0.133. The predicted molar refractivity (Wildman–Crippen MR) is 99.5 cm³/mol. The monoisotopic (exact) mass is 358 g/mol. The third-order valence-electron chi connectivity index (χ3n) is 4.55. The van der Waals surface area contributed by atoms with Crippen molar-refractivity contribution in [2.24, 2.45) is 11.7 Å². The maximum atomic E-state index is 12.4. The number of benzene rings is 1. The number of hydrogen-bond acceptors (Lipinski definition) is 3. The van der Waals surface area contributed by atoms with Crippen molar-refractivity contribution >= 4 is 17.5 Å². The van der Waals surface area contributed by atoms with Gasteiger partial charge in [0.25, 0.3) is 0 Å².